The van der Waals surface area contributed by atoms with Gasteiger partial charge in [-0.2, -0.15) is 5.10 Å². The molecule has 3 rings (SSSR count). The van der Waals surface area contributed by atoms with Gasteiger partial charge in [0.2, 0.25) is 0 Å². The van der Waals surface area contributed by atoms with E-state index in [2.05, 4.69) is 20.6 Å². The number of hydrogen-bond donors (Lipinski definition) is 1. The molecule has 0 fully saturated rings. The molecule has 0 spiro atoms. The number of nitrogens with zero attached hydrogens (tertiary/aromatic N) is 4. The number of carbonyl (C=O) groups is 1. The van der Waals surface area contributed by atoms with Crippen LogP contribution in [0.2, 0.25) is 0 Å². The molecule has 8 heteroatoms. The fourth-order valence-corrected chi connectivity index (χ4v) is 2.73. The molecule has 2 aromatic heterocycles. The smallest absolute Gasteiger partial charge is 0.273 e. The molecule has 1 amide bonds. The normalized spacial score (nSPS) is 12.0. The van der Waals surface area contributed by atoms with Crippen molar-refractivity contribution in [2.24, 2.45) is 0 Å². The summed E-state index contributed by atoms with van der Waals surface area (Å²) in [6, 6.07) is 8.97. The Morgan fingerprint density at radius 2 is 2.12 bits per heavy atom. The minimum Gasteiger partial charge on any atom is -0.496 e. The SMILES string of the molecule is COc1ccccc1-c1cc(C(=O)NC[C@@H](C)n2nc(C)nc2C)no1. The average Bonchev–Trinajstić information content (AvgIpc) is 3.26. The lowest BCUT2D eigenvalue weighted by Gasteiger charge is -2.13. The van der Waals surface area contributed by atoms with Crippen molar-refractivity contribution in [1.82, 2.24) is 25.2 Å². The maximum atomic E-state index is 12.4. The Morgan fingerprint density at radius 1 is 1.35 bits per heavy atom. The van der Waals surface area contributed by atoms with Crippen molar-refractivity contribution >= 4 is 5.91 Å². The first-order chi connectivity index (χ1) is 12.5. The van der Waals surface area contributed by atoms with E-state index in [4.69, 9.17) is 9.26 Å². The molecule has 1 N–H and O–H groups in total. The molecule has 3 aromatic rings. The largest absolute Gasteiger partial charge is 0.496 e. The molecule has 0 aliphatic rings. The Morgan fingerprint density at radius 3 is 2.81 bits per heavy atom. The summed E-state index contributed by atoms with van der Waals surface area (Å²) in [6.45, 7) is 6.09. The lowest BCUT2D eigenvalue weighted by Crippen LogP contribution is -2.30. The summed E-state index contributed by atoms with van der Waals surface area (Å²) in [5.41, 5.74) is 0.952. The van der Waals surface area contributed by atoms with E-state index in [1.54, 1.807) is 17.9 Å². The molecule has 136 valence electrons. The number of hydrogen-bond acceptors (Lipinski definition) is 6. The van der Waals surface area contributed by atoms with E-state index in [1.807, 2.05) is 45.0 Å². The van der Waals surface area contributed by atoms with E-state index >= 15 is 0 Å². The quantitative estimate of drug-likeness (QED) is 0.730. The summed E-state index contributed by atoms with van der Waals surface area (Å²) >= 11 is 0. The standard InChI is InChI=1S/C18H21N5O3/c1-11(23-13(3)20-12(2)21-23)10-19-18(24)15-9-17(26-22-15)14-7-5-6-8-16(14)25-4/h5-9,11H,10H2,1-4H3,(H,19,24)/t11-/m1/s1. The van der Waals surface area contributed by atoms with Crippen LogP contribution in [0.4, 0.5) is 0 Å². The molecule has 0 aliphatic heterocycles. The second-order valence-electron chi connectivity index (χ2n) is 5.99. The van der Waals surface area contributed by atoms with Crippen LogP contribution in [0.3, 0.4) is 0 Å². The van der Waals surface area contributed by atoms with Crippen LogP contribution in [0.1, 0.15) is 35.1 Å². The van der Waals surface area contributed by atoms with Crippen molar-refractivity contribution in [1.29, 1.82) is 0 Å². The molecule has 2 heterocycles. The highest BCUT2D eigenvalue weighted by Gasteiger charge is 2.17. The van der Waals surface area contributed by atoms with Gasteiger partial charge in [-0.05, 0) is 32.9 Å². The Bertz CT molecular complexity index is 915. The topological polar surface area (TPSA) is 95.1 Å². The van der Waals surface area contributed by atoms with Gasteiger partial charge in [0, 0.05) is 12.6 Å². The first-order valence-corrected chi connectivity index (χ1v) is 8.27. The van der Waals surface area contributed by atoms with Crippen LogP contribution in [0.5, 0.6) is 5.75 Å². The van der Waals surface area contributed by atoms with Gasteiger partial charge in [-0.25, -0.2) is 9.67 Å². The predicted octanol–water partition coefficient (Wildman–Crippen LogP) is 2.55. The highest BCUT2D eigenvalue weighted by atomic mass is 16.5. The fourth-order valence-electron chi connectivity index (χ4n) is 2.73. The Kier molecular flexibility index (Phi) is 5.01. The maximum Gasteiger partial charge on any atom is 0.273 e. The summed E-state index contributed by atoms with van der Waals surface area (Å²) in [7, 11) is 1.58. The molecule has 8 nitrogen and oxygen atoms in total. The van der Waals surface area contributed by atoms with Crippen LogP contribution in [0.25, 0.3) is 11.3 Å². The third kappa shape index (κ3) is 3.58. The van der Waals surface area contributed by atoms with Crippen molar-refractivity contribution in [3.8, 4) is 17.1 Å². The Labute approximate surface area is 151 Å². The van der Waals surface area contributed by atoms with Gasteiger partial charge in [0.25, 0.3) is 5.91 Å². The number of amides is 1. The highest BCUT2D eigenvalue weighted by Crippen LogP contribution is 2.29. The number of nitrogens with one attached hydrogen (secondary N) is 1. The van der Waals surface area contributed by atoms with E-state index < -0.39 is 0 Å². The van der Waals surface area contributed by atoms with Gasteiger partial charge in [0.15, 0.2) is 11.5 Å². The van der Waals surface area contributed by atoms with Crippen molar-refractivity contribution in [2.45, 2.75) is 26.8 Å². The summed E-state index contributed by atoms with van der Waals surface area (Å²) in [5, 5.41) is 11.0. The second kappa shape index (κ2) is 7.38. The van der Waals surface area contributed by atoms with Crippen LogP contribution < -0.4 is 10.1 Å². The molecular formula is C18H21N5O3. The zero-order valence-electron chi connectivity index (χ0n) is 15.2. The Balaban J connectivity index is 1.68. The van der Waals surface area contributed by atoms with Gasteiger partial charge in [-0.1, -0.05) is 17.3 Å². The van der Waals surface area contributed by atoms with Crippen molar-refractivity contribution in [3.63, 3.8) is 0 Å². The first-order valence-electron chi connectivity index (χ1n) is 8.27. The van der Waals surface area contributed by atoms with Crippen LogP contribution in [0, 0.1) is 13.8 Å². The van der Waals surface area contributed by atoms with Crippen LogP contribution in [-0.2, 0) is 0 Å². The number of aryl methyl sites for hydroxylation is 2. The molecule has 0 saturated heterocycles. The molecule has 0 saturated carbocycles. The average molecular weight is 355 g/mol. The van der Waals surface area contributed by atoms with Gasteiger partial charge in [-0.15, -0.1) is 0 Å². The monoisotopic (exact) mass is 355 g/mol. The van der Waals surface area contributed by atoms with Crippen LogP contribution >= 0.6 is 0 Å². The van der Waals surface area contributed by atoms with Crippen molar-refractivity contribution in [3.05, 3.63) is 47.7 Å². The molecule has 0 unspecified atom stereocenters. The molecule has 0 aliphatic carbocycles. The number of aromatic nitrogens is 4. The molecule has 0 radical (unpaired) electrons. The minimum absolute atomic E-state index is 0.0271. The van der Waals surface area contributed by atoms with E-state index in [9.17, 15) is 4.79 Å². The molecule has 26 heavy (non-hydrogen) atoms. The summed E-state index contributed by atoms with van der Waals surface area (Å²) < 4.78 is 12.4. The van der Waals surface area contributed by atoms with E-state index in [0.717, 1.165) is 11.4 Å². The molecule has 1 atom stereocenters. The Hall–Kier alpha value is -3.16. The summed E-state index contributed by atoms with van der Waals surface area (Å²) in [6.07, 6.45) is 0. The second-order valence-corrected chi connectivity index (χ2v) is 5.99. The lowest BCUT2D eigenvalue weighted by atomic mass is 10.1. The number of para-hydroxylation sites is 1. The van der Waals surface area contributed by atoms with Gasteiger partial charge in [-0.3, -0.25) is 4.79 Å². The number of benzene rings is 1. The number of methoxy groups -OCH3 is 1. The molecule has 1 aromatic carbocycles. The predicted molar refractivity (Wildman–Crippen MR) is 95.0 cm³/mol. The third-order valence-electron chi connectivity index (χ3n) is 4.00. The fraction of sp³-hybridized carbons (Fsp3) is 0.333. The zero-order valence-corrected chi connectivity index (χ0v) is 15.2. The van der Waals surface area contributed by atoms with E-state index in [1.165, 1.54) is 0 Å². The molecule has 0 bridgehead atoms. The zero-order chi connectivity index (χ0) is 18.7. The van der Waals surface area contributed by atoms with E-state index in [-0.39, 0.29) is 17.6 Å². The first kappa shape index (κ1) is 17.7. The highest BCUT2D eigenvalue weighted by molar-refractivity contribution is 5.93. The van der Waals surface area contributed by atoms with Gasteiger partial charge in [0.1, 0.15) is 17.4 Å². The summed E-state index contributed by atoms with van der Waals surface area (Å²) in [5.74, 6) is 2.34. The van der Waals surface area contributed by atoms with Crippen molar-refractivity contribution < 1.29 is 14.1 Å². The molecular weight excluding hydrogens is 334 g/mol. The van der Waals surface area contributed by atoms with Gasteiger partial charge >= 0.3 is 0 Å². The van der Waals surface area contributed by atoms with E-state index in [0.29, 0.717) is 23.9 Å². The number of rotatable bonds is 6. The van der Waals surface area contributed by atoms with Crippen LogP contribution in [0.15, 0.2) is 34.9 Å². The van der Waals surface area contributed by atoms with Gasteiger partial charge < -0.3 is 14.6 Å². The third-order valence-corrected chi connectivity index (χ3v) is 4.00. The maximum absolute atomic E-state index is 12.4. The summed E-state index contributed by atoms with van der Waals surface area (Å²) in [4.78, 5) is 16.6. The van der Waals surface area contributed by atoms with Gasteiger partial charge in [0.05, 0.1) is 18.7 Å². The lowest BCUT2D eigenvalue weighted by molar-refractivity contribution is 0.0938. The van der Waals surface area contributed by atoms with Crippen LogP contribution in [-0.4, -0.2) is 39.5 Å². The van der Waals surface area contributed by atoms with Crippen molar-refractivity contribution in [2.75, 3.05) is 13.7 Å². The number of carbonyl (C=O) groups excluding carboxylic acids is 1. The minimum atomic E-state index is -0.309. The number of ether oxygens (including phenoxy) is 1.